The van der Waals surface area contributed by atoms with Crippen LogP contribution in [0.1, 0.15) is 43.6 Å². The van der Waals surface area contributed by atoms with E-state index in [1.165, 1.54) is 7.11 Å². The number of rotatable bonds is 6. The summed E-state index contributed by atoms with van der Waals surface area (Å²) in [7, 11) is 1.38. The second-order valence-corrected chi connectivity index (χ2v) is 7.34. The van der Waals surface area contributed by atoms with E-state index in [1.54, 1.807) is 6.07 Å². The van der Waals surface area contributed by atoms with Crippen LogP contribution in [-0.2, 0) is 14.9 Å². The minimum Gasteiger partial charge on any atom is -0.465 e. The van der Waals surface area contributed by atoms with Crippen molar-refractivity contribution in [3.63, 3.8) is 0 Å². The number of carbonyl (C=O) groups is 2. The first-order chi connectivity index (χ1) is 12.3. The highest BCUT2D eigenvalue weighted by Crippen LogP contribution is 2.29. The van der Waals surface area contributed by atoms with Gasteiger partial charge in [0.05, 0.1) is 18.1 Å². The van der Waals surface area contributed by atoms with Crippen molar-refractivity contribution in [2.24, 2.45) is 5.92 Å². The molecule has 0 aromatic heterocycles. The van der Waals surface area contributed by atoms with E-state index < -0.39 is 5.41 Å². The van der Waals surface area contributed by atoms with Crippen molar-refractivity contribution in [3.8, 4) is 11.1 Å². The van der Waals surface area contributed by atoms with E-state index in [1.807, 2.05) is 56.3 Å². The minimum absolute atomic E-state index is 0.00825. The van der Waals surface area contributed by atoms with Gasteiger partial charge in [0.25, 0.3) is 0 Å². The van der Waals surface area contributed by atoms with Crippen LogP contribution in [0, 0.1) is 5.92 Å². The summed E-state index contributed by atoms with van der Waals surface area (Å²) in [5.41, 5.74) is 2.55. The first kappa shape index (κ1) is 19.7. The van der Waals surface area contributed by atoms with Gasteiger partial charge in [-0.2, -0.15) is 0 Å². The molecule has 138 valence electrons. The highest BCUT2D eigenvalue weighted by atomic mass is 16.5. The fourth-order valence-electron chi connectivity index (χ4n) is 2.74. The molecule has 0 aliphatic rings. The molecule has 1 N–H and O–H groups in total. The zero-order chi connectivity index (χ0) is 19.3. The Labute approximate surface area is 155 Å². The Bertz CT molecular complexity index is 776. The van der Waals surface area contributed by atoms with Gasteiger partial charge in [-0.05, 0) is 42.5 Å². The fourth-order valence-corrected chi connectivity index (χ4v) is 2.74. The lowest BCUT2D eigenvalue weighted by Gasteiger charge is -2.25. The van der Waals surface area contributed by atoms with Crippen molar-refractivity contribution in [2.45, 2.75) is 33.1 Å². The van der Waals surface area contributed by atoms with Gasteiger partial charge in [0.1, 0.15) is 0 Å². The Morgan fingerprint density at radius 1 is 1.04 bits per heavy atom. The van der Waals surface area contributed by atoms with E-state index in [-0.39, 0.29) is 11.9 Å². The molecule has 0 spiro atoms. The van der Waals surface area contributed by atoms with Gasteiger partial charge in [-0.25, -0.2) is 4.79 Å². The molecule has 2 aromatic carbocycles. The molecule has 0 saturated carbocycles. The molecule has 4 heteroatoms. The summed E-state index contributed by atoms with van der Waals surface area (Å²) in [6.45, 7) is 8.63. The minimum atomic E-state index is -0.630. The Morgan fingerprint density at radius 2 is 1.65 bits per heavy atom. The second kappa shape index (κ2) is 8.17. The summed E-state index contributed by atoms with van der Waals surface area (Å²) in [5, 5.41) is 3.00. The van der Waals surface area contributed by atoms with Gasteiger partial charge in [0, 0.05) is 6.54 Å². The highest BCUT2D eigenvalue weighted by molar-refractivity contribution is 5.97. The van der Waals surface area contributed by atoms with Gasteiger partial charge in [-0.15, -0.1) is 0 Å². The molecule has 1 amide bonds. The predicted octanol–water partition coefficient (Wildman–Crippen LogP) is 4.19. The normalized spacial score (nSPS) is 11.3. The molecule has 0 fully saturated rings. The Hall–Kier alpha value is -2.62. The third kappa shape index (κ3) is 4.31. The van der Waals surface area contributed by atoms with E-state index in [9.17, 15) is 9.59 Å². The van der Waals surface area contributed by atoms with Gasteiger partial charge in [-0.3, -0.25) is 4.79 Å². The van der Waals surface area contributed by atoms with Gasteiger partial charge in [0.2, 0.25) is 5.91 Å². The van der Waals surface area contributed by atoms with E-state index in [0.717, 1.165) is 16.7 Å². The quantitative estimate of drug-likeness (QED) is 0.792. The summed E-state index contributed by atoms with van der Waals surface area (Å²) in [4.78, 5) is 24.5. The van der Waals surface area contributed by atoms with Gasteiger partial charge >= 0.3 is 5.97 Å². The number of ether oxygens (including phenoxy) is 1. The third-order valence-electron chi connectivity index (χ3n) is 4.49. The summed E-state index contributed by atoms with van der Waals surface area (Å²) in [6, 6.07) is 15.1. The molecule has 0 saturated heterocycles. The molecule has 0 aliphatic carbocycles. The lowest BCUT2D eigenvalue weighted by molar-refractivity contribution is -0.125. The van der Waals surface area contributed by atoms with Gasteiger partial charge < -0.3 is 10.1 Å². The van der Waals surface area contributed by atoms with Crippen LogP contribution in [0.4, 0.5) is 0 Å². The Morgan fingerprint density at radius 3 is 2.23 bits per heavy atom. The van der Waals surface area contributed by atoms with Crippen LogP contribution < -0.4 is 5.32 Å². The Balaban J connectivity index is 2.29. The van der Waals surface area contributed by atoms with E-state index in [4.69, 9.17) is 4.74 Å². The summed E-state index contributed by atoms with van der Waals surface area (Å²) >= 11 is 0. The van der Waals surface area contributed by atoms with Crippen molar-refractivity contribution in [1.82, 2.24) is 5.32 Å². The maximum Gasteiger partial charge on any atom is 0.338 e. The van der Waals surface area contributed by atoms with Crippen molar-refractivity contribution >= 4 is 11.9 Å². The number of esters is 1. The molecule has 0 bridgehead atoms. The zero-order valence-electron chi connectivity index (χ0n) is 16.1. The van der Waals surface area contributed by atoms with Crippen LogP contribution in [0.2, 0.25) is 0 Å². The molecule has 0 radical (unpaired) electrons. The summed E-state index contributed by atoms with van der Waals surface area (Å²) < 4.78 is 4.86. The lowest BCUT2D eigenvalue weighted by atomic mass is 9.82. The average molecular weight is 353 g/mol. The second-order valence-electron chi connectivity index (χ2n) is 7.34. The van der Waals surface area contributed by atoms with Crippen LogP contribution >= 0.6 is 0 Å². The fraction of sp³-hybridized carbons (Fsp3) is 0.364. The maximum absolute atomic E-state index is 12.5. The number of hydrogen-bond donors (Lipinski definition) is 1. The molecule has 4 nitrogen and oxygen atoms in total. The SMILES string of the molecule is COC(=O)c1ccccc1-c1ccc(C(C)(C)C(=O)NCC(C)C)cc1. The Kier molecular flexibility index (Phi) is 6.19. The number of hydrogen-bond acceptors (Lipinski definition) is 3. The van der Waals surface area contributed by atoms with Crippen molar-refractivity contribution in [2.75, 3.05) is 13.7 Å². The molecule has 2 aromatic rings. The molecule has 0 aliphatic heterocycles. The topological polar surface area (TPSA) is 55.4 Å². The largest absolute Gasteiger partial charge is 0.465 e. The first-order valence-electron chi connectivity index (χ1n) is 8.84. The van der Waals surface area contributed by atoms with Gasteiger partial charge in [0.15, 0.2) is 0 Å². The number of amides is 1. The molecular weight excluding hydrogens is 326 g/mol. The molecule has 26 heavy (non-hydrogen) atoms. The summed E-state index contributed by atoms with van der Waals surface area (Å²) in [6.07, 6.45) is 0. The van der Waals surface area contributed by atoms with E-state index >= 15 is 0 Å². The van der Waals surface area contributed by atoms with E-state index in [0.29, 0.717) is 18.0 Å². The number of benzene rings is 2. The summed E-state index contributed by atoms with van der Waals surface area (Å²) in [5.74, 6) is 0.0546. The monoisotopic (exact) mass is 353 g/mol. The van der Waals surface area contributed by atoms with Crippen LogP contribution in [-0.4, -0.2) is 25.5 Å². The van der Waals surface area contributed by atoms with Crippen LogP contribution in [0.25, 0.3) is 11.1 Å². The van der Waals surface area contributed by atoms with E-state index in [2.05, 4.69) is 19.2 Å². The molecule has 0 unspecified atom stereocenters. The molecule has 2 rings (SSSR count). The van der Waals surface area contributed by atoms with Crippen LogP contribution in [0.5, 0.6) is 0 Å². The molecule has 0 atom stereocenters. The van der Waals surface area contributed by atoms with Crippen molar-refractivity contribution in [3.05, 3.63) is 59.7 Å². The first-order valence-corrected chi connectivity index (χ1v) is 8.84. The number of carbonyl (C=O) groups excluding carboxylic acids is 2. The van der Waals surface area contributed by atoms with Crippen molar-refractivity contribution in [1.29, 1.82) is 0 Å². The maximum atomic E-state index is 12.5. The third-order valence-corrected chi connectivity index (χ3v) is 4.49. The standard InChI is InChI=1S/C22H27NO3/c1-15(2)14-23-21(25)22(3,4)17-12-10-16(11-13-17)18-8-6-7-9-19(18)20(24)26-5/h6-13,15H,14H2,1-5H3,(H,23,25). The van der Waals surface area contributed by atoms with Crippen LogP contribution in [0.15, 0.2) is 48.5 Å². The predicted molar refractivity (Wildman–Crippen MR) is 104 cm³/mol. The lowest BCUT2D eigenvalue weighted by Crippen LogP contribution is -2.41. The smallest absolute Gasteiger partial charge is 0.338 e. The molecule has 0 heterocycles. The van der Waals surface area contributed by atoms with Crippen molar-refractivity contribution < 1.29 is 14.3 Å². The van der Waals surface area contributed by atoms with Crippen LogP contribution in [0.3, 0.4) is 0 Å². The van der Waals surface area contributed by atoms with Gasteiger partial charge in [-0.1, -0.05) is 56.3 Å². The highest BCUT2D eigenvalue weighted by Gasteiger charge is 2.29. The zero-order valence-corrected chi connectivity index (χ0v) is 16.1. The number of nitrogens with one attached hydrogen (secondary N) is 1. The average Bonchev–Trinajstić information content (AvgIpc) is 2.65. The number of methoxy groups -OCH3 is 1. The molecular formula is C22H27NO3.